The number of nitrogens with one attached hydrogen (secondary N) is 1. The molecule has 1 saturated carbocycles. The van der Waals surface area contributed by atoms with E-state index in [1.54, 1.807) is 0 Å². The zero-order valence-corrected chi connectivity index (χ0v) is 13.0. The Morgan fingerprint density at radius 3 is 2.38 bits per heavy atom. The summed E-state index contributed by atoms with van der Waals surface area (Å²) in [6, 6.07) is 4.84. The van der Waals surface area contributed by atoms with Crippen molar-refractivity contribution in [1.82, 2.24) is 5.32 Å². The zero-order chi connectivity index (χ0) is 15.5. The Bertz CT molecular complexity index is 487. The molecular weight excluding hydrogens is 347 g/mol. The Kier molecular flexibility index (Phi) is 5.30. The molecule has 0 radical (unpaired) electrons. The Morgan fingerprint density at radius 2 is 1.81 bits per heavy atom. The summed E-state index contributed by atoms with van der Waals surface area (Å²) in [6.45, 7) is 0. The molecule has 1 amide bonds. The molecule has 0 saturated heterocycles. The highest BCUT2D eigenvalue weighted by Gasteiger charge is 2.30. The van der Waals surface area contributed by atoms with Crippen molar-refractivity contribution in [3.05, 3.63) is 35.4 Å². The van der Waals surface area contributed by atoms with Crippen LogP contribution in [0.25, 0.3) is 0 Å². The third-order valence-corrected chi connectivity index (χ3v) is 4.77. The summed E-state index contributed by atoms with van der Waals surface area (Å²) in [5.41, 5.74) is -0.109. The van der Waals surface area contributed by atoms with Crippen LogP contribution in [0, 0.1) is 0 Å². The van der Waals surface area contributed by atoms with E-state index in [-0.39, 0.29) is 23.2 Å². The molecule has 0 aliphatic heterocycles. The molecule has 1 aliphatic carbocycles. The maximum Gasteiger partial charge on any atom is 0.416 e. The van der Waals surface area contributed by atoms with Gasteiger partial charge in [0.1, 0.15) is 0 Å². The lowest BCUT2D eigenvalue weighted by Gasteiger charge is -2.28. The van der Waals surface area contributed by atoms with Crippen molar-refractivity contribution in [3.63, 3.8) is 0 Å². The molecule has 1 aromatic rings. The Hall–Kier alpha value is -1.04. The number of alkyl halides is 4. The molecule has 0 bridgehead atoms. The zero-order valence-electron chi connectivity index (χ0n) is 11.4. The van der Waals surface area contributed by atoms with Crippen LogP contribution >= 0.6 is 15.9 Å². The number of carbonyl (C=O) groups is 1. The summed E-state index contributed by atoms with van der Waals surface area (Å²) in [5, 5.41) is 2.95. The van der Waals surface area contributed by atoms with Crippen LogP contribution in [0.5, 0.6) is 0 Å². The van der Waals surface area contributed by atoms with Crippen molar-refractivity contribution < 1.29 is 18.0 Å². The minimum atomic E-state index is -4.34. The standard InChI is InChI=1S/C15H17BrF3NO/c16-12-3-1-2-4-13(12)20-14(21)9-10-5-7-11(8-6-10)15(17,18)19/h5-8,12-13H,1-4,9H2,(H,20,21). The highest BCUT2D eigenvalue weighted by molar-refractivity contribution is 9.09. The summed E-state index contributed by atoms with van der Waals surface area (Å²) >= 11 is 3.56. The van der Waals surface area contributed by atoms with E-state index in [1.165, 1.54) is 12.1 Å². The monoisotopic (exact) mass is 363 g/mol. The van der Waals surface area contributed by atoms with E-state index in [9.17, 15) is 18.0 Å². The van der Waals surface area contributed by atoms with Crippen molar-refractivity contribution in [2.75, 3.05) is 0 Å². The van der Waals surface area contributed by atoms with Gasteiger partial charge in [0.15, 0.2) is 0 Å². The van der Waals surface area contributed by atoms with E-state index >= 15 is 0 Å². The first kappa shape index (κ1) is 16.3. The average Bonchev–Trinajstić information content (AvgIpc) is 2.41. The van der Waals surface area contributed by atoms with Gasteiger partial charge < -0.3 is 5.32 Å². The first-order chi connectivity index (χ1) is 9.86. The summed E-state index contributed by atoms with van der Waals surface area (Å²) in [7, 11) is 0. The van der Waals surface area contributed by atoms with Crippen LogP contribution in [0.2, 0.25) is 0 Å². The number of hydrogen-bond donors (Lipinski definition) is 1. The fourth-order valence-corrected chi connectivity index (χ4v) is 3.22. The molecule has 2 rings (SSSR count). The number of benzene rings is 1. The van der Waals surface area contributed by atoms with Gasteiger partial charge in [-0.25, -0.2) is 0 Å². The van der Waals surface area contributed by atoms with Crippen LogP contribution in [0.3, 0.4) is 0 Å². The summed E-state index contributed by atoms with van der Waals surface area (Å²) in [4.78, 5) is 12.2. The highest BCUT2D eigenvalue weighted by atomic mass is 79.9. The third kappa shape index (κ3) is 4.73. The lowest BCUT2D eigenvalue weighted by molar-refractivity contribution is -0.137. The fourth-order valence-electron chi connectivity index (χ4n) is 2.50. The SMILES string of the molecule is O=C(Cc1ccc(C(F)(F)F)cc1)NC1CCCCC1Br. The number of amides is 1. The van der Waals surface area contributed by atoms with Gasteiger partial charge in [-0.05, 0) is 30.5 Å². The summed E-state index contributed by atoms with van der Waals surface area (Å²) in [6.07, 6.45) is -0.0190. The van der Waals surface area contributed by atoms with Crippen LogP contribution in [0.15, 0.2) is 24.3 Å². The summed E-state index contributed by atoms with van der Waals surface area (Å²) in [5.74, 6) is -0.147. The van der Waals surface area contributed by atoms with E-state index in [2.05, 4.69) is 21.2 Å². The van der Waals surface area contributed by atoms with Crippen molar-refractivity contribution in [2.45, 2.75) is 49.1 Å². The van der Waals surface area contributed by atoms with E-state index < -0.39 is 11.7 Å². The predicted molar refractivity (Wildman–Crippen MR) is 78.3 cm³/mol. The molecule has 21 heavy (non-hydrogen) atoms. The molecule has 1 N–H and O–H groups in total. The predicted octanol–water partition coefficient (Wildman–Crippen LogP) is 4.07. The van der Waals surface area contributed by atoms with Crippen molar-refractivity contribution in [3.8, 4) is 0 Å². The van der Waals surface area contributed by atoms with Gasteiger partial charge >= 0.3 is 6.18 Å². The molecule has 0 aromatic heterocycles. The number of halogens is 4. The molecule has 6 heteroatoms. The second-order valence-electron chi connectivity index (χ2n) is 5.35. The Balaban J connectivity index is 1.90. The van der Waals surface area contributed by atoms with E-state index in [0.717, 1.165) is 37.8 Å². The van der Waals surface area contributed by atoms with Gasteiger partial charge in [-0.2, -0.15) is 13.2 Å². The minimum absolute atomic E-state index is 0.106. The molecule has 1 fully saturated rings. The number of carbonyl (C=O) groups excluding carboxylic acids is 1. The first-order valence-corrected chi connectivity index (χ1v) is 7.87. The molecule has 2 unspecified atom stereocenters. The van der Waals surface area contributed by atoms with E-state index in [0.29, 0.717) is 5.56 Å². The molecule has 1 aromatic carbocycles. The van der Waals surface area contributed by atoms with Crippen molar-refractivity contribution >= 4 is 21.8 Å². The van der Waals surface area contributed by atoms with Crippen LogP contribution in [-0.2, 0) is 17.4 Å². The number of hydrogen-bond acceptors (Lipinski definition) is 1. The molecule has 2 nitrogen and oxygen atoms in total. The van der Waals surface area contributed by atoms with Gasteiger partial charge in [0.05, 0.1) is 12.0 Å². The van der Waals surface area contributed by atoms with Gasteiger partial charge in [0, 0.05) is 10.9 Å². The van der Waals surface area contributed by atoms with E-state index in [4.69, 9.17) is 0 Å². The van der Waals surface area contributed by atoms with Crippen LogP contribution in [0.4, 0.5) is 13.2 Å². The van der Waals surface area contributed by atoms with Gasteiger partial charge in [-0.1, -0.05) is 40.9 Å². The quantitative estimate of drug-likeness (QED) is 0.805. The second kappa shape index (κ2) is 6.81. The van der Waals surface area contributed by atoms with Gasteiger partial charge in [0.2, 0.25) is 5.91 Å². The second-order valence-corrected chi connectivity index (χ2v) is 6.52. The molecule has 0 heterocycles. The van der Waals surface area contributed by atoms with Gasteiger partial charge in [-0.15, -0.1) is 0 Å². The molecular formula is C15H17BrF3NO. The van der Waals surface area contributed by atoms with Crippen LogP contribution in [-0.4, -0.2) is 16.8 Å². The fraction of sp³-hybridized carbons (Fsp3) is 0.533. The first-order valence-electron chi connectivity index (χ1n) is 6.96. The lowest BCUT2D eigenvalue weighted by atomic mass is 9.95. The molecule has 116 valence electrons. The highest BCUT2D eigenvalue weighted by Crippen LogP contribution is 2.29. The number of rotatable bonds is 3. The Labute approximate surface area is 130 Å². The van der Waals surface area contributed by atoms with Gasteiger partial charge in [-0.3, -0.25) is 4.79 Å². The maximum absolute atomic E-state index is 12.4. The van der Waals surface area contributed by atoms with Crippen LogP contribution < -0.4 is 5.32 Å². The summed E-state index contributed by atoms with van der Waals surface area (Å²) < 4.78 is 37.3. The normalized spacial score (nSPS) is 22.9. The lowest BCUT2D eigenvalue weighted by Crippen LogP contribution is -2.43. The average molecular weight is 364 g/mol. The topological polar surface area (TPSA) is 29.1 Å². The van der Waals surface area contributed by atoms with Crippen LogP contribution in [0.1, 0.15) is 36.8 Å². The Morgan fingerprint density at radius 1 is 1.19 bits per heavy atom. The largest absolute Gasteiger partial charge is 0.416 e. The molecule has 2 atom stereocenters. The maximum atomic E-state index is 12.4. The smallest absolute Gasteiger partial charge is 0.352 e. The van der Waals surface area contributed by atoms with Crippen molar-refractivity contribution in [2.24, 2.45) is 0 Å². The minimum Gasteiger partial charge on any atom is -0.352 e. The molecule has 0 spiro atoms. The third-order valence-electron chi connectivity index (χ3n) is 3.67. The molecule has 1 aliphatic rings. The van der Waals surface area contributed by atoms with Gasteiger partial charge in [0.25, 0.3) is 0 Å². The van der Waals surface area contributed by atoms with E-state index in [1.807, 2.05) is 0 Å². The van der Waals surface area contributed by atoms with Crippen molar-refractivity contribution in [1.29, 1.82) is 0 Å².